The number of methoxy groups -OCH3 is 3. The van der Waals surface area contributed by atoms with Gasteiger partial charge in [-0.05, 0) is 47.4 Å². The fourth-order valence-electron chi connectivity index (χ4n) is 4.44. The summed E-state index contributed by atoms with van der Waals surface area (Å²) in [6.45, 7) is 1.12. The second-order valence-corrected chi connectivity index (χ2v) is 9.30. The third kappa shape index (κ3) is 4.67. The second kappa shape index (κ2) is 10.4. The van der Waals surface area contributed by atoms with E-state index in [2.05, 4.69) is 20.6 Å². The minimum Gasteiger partial charge on any atom is -0.493 e. The summed E-state index contributed by atoms with van der Waals surface area (Å²) in [5.41, 5.74) is 2.31. The average Bonchev–Trinajstić information content (AvgIpc) is 3.63. The fraction of sp³-hybridized carbons (Fsp3) is 0.320. The van der Waals surface area contributed by atoms with Crippen LogP contribution in [0, 0.1) is 0 Å². The highest BCUT2D eigenvalue weighted by Gasteiger charge is 2.30. The van der Waals surface area contributed by atoms with Crippen molar-refractivity contribution in [2.45, 2.75) is 18.8 Å². The Morgan fingerprint density at radius 3 is 2.54 bits per heavy atom. The Morgan fingerprint density at radius 2 is 1.81 bits per heavy atom. The highest BCUT2D eigenvalue weighted by atomic mass is 32.1. The number of aromatic nitrogens is 3. The molecular weight excluding hydrogens is 498 g/mol. The van der Waals surface area contributed by atoms with Crippen LogP contribution in [0.1, 0.15) is 44.6 Å². The smallest absolute Gasteiger partial charge is 0.275 e. The number of fused-ring (bicyclic) bond motifs is 1. The van der Waals surface area contributed by atoms with Crippen LogP contribution >= 0.6 is 11.3 Å². The summed E-state index contributed by atoms with van der Waals surface area (Å²) in [6.07, 6.45) is 1.47. The number of likely N-dealkylation sites (tertiary alicyclic amines) is 1. The van der Waals surface area contributed by atoms with E-state index >= 15 is 0 Å². The first-order valence-electron chi connectivity index (χ1n) is 11.6. The first kappa shape index (κ1) is 24.5. The van der Waals surface area contributed by atoms with E-state index in [0.717, 1.165) is 17.8 Å². The number of ether oxygens (including phenoxy) is 3. The number of anilines is 1. The van der Waals surface area contributed by atoms with E-state index in [0.29, 0.717) is 58.3 Å². The number of thiazole rings is 1. The summed E-state index contributed by atoms with van der Waals surface area (Å²) in [5, 5.41) is 13.1. The van der Waals surface area contributed by atoms with Crippen LogP contribution in [0.3, 0.4) is 0 Å². The van der Waals surface area contributed by atoms with Crippen molar-refractivity contribution in [1.82, 2.24) is 20.2 Å². The van der Waals surface area contributed by atoms with E-state index in [4.69, 9.17) is 18.8 Å². The van der Waals surface area contributed by atoms with Crippen LogP contribution in [0.25, 0.3) is 11.0 Å². The molecule has 0 aliphatic carbocycles. The van der Waals surface area contributed by atoms with Gasteiger partial charge in [0.1, 0.15) is 11.2 Å². The molecule has 4 aromatic rings. The topological polar surface area (TPSA) is 129 Å². The quantitative estimate of drug-likeness (QED) is 0.382. The lowest BCUT2D eigenvalue weighted by atomic mass is 9.97. The highest BCUT2D eigenvalue weighted by Crippen LogP contribution is 2.41. The number of carbonyl (C=O) groups excluding carboxylic acids is 2. The van der Waals surface area contributed by atoms with Gasteiger partial charge in [0, 0.05) is 24.4 Å². The standard InChI is InChI=1S/C25H25N5O6S/c1-33-19-8-7-15(21(34-2)22(19)35-3)25(32)30-11-9-14(10-12-30)24-27-18(13-37-24)23(31)26-16-5-4-6-17-20(16)29-36-28-17/h4-8,13-14H,9-12H2,1-3H3,(H,26,31). The van der Waals surface area contributed by atoms with E-state index in [-0.39, 0.29) is 17.7 Å². The molecule has 2 aromatic heterocycles. The van der Waals surface area contributed by atoms with Gasteiger partial charge < -0.3 is 24.4 Å². The molecule has 3 heterocycles. The van der Waals surface area contributed by atoms with Crippen LogP contribution in [0.2, 0.25) is 0 Å². The normalized spacial score (nSPS) is 14.0. The maximum absolute atomic E-state index is 13.3. The van der Waals surface area contributed by atoms with Crippen LogP contribution in [0.5, 0.6) is 17.2 Å². The van der Waals surface area contributed by atoms with Crippen molar-refractivity contribution in [2.24, 2.45) is 0 Å². The number of nitrogens with one attached hydrogen (secondary N) is 1. The van der Waals surface area contributed by atoms with Crippen LogP contribution in [0.15, 0.2) is 40.3 Å². The number of hydrogen-bond acceptors (Lipinski definition) is 10. The summed E-state index contributed by atoms with van der Waals surface area (Å²) in [6, 6.07) is 8.64. The Bertz CT molecular complexity index is 1440. The lowest BCUT2D eigenvalue weighted by Gasteiger charge is -2.31. The van der Waals surface area contributed by atoms with Gasteiger partial charge in [-0.2, -0.15) is 0 Å². The molecule has 1 aliphatic heterocycles. The Kier molecular flexibility index (Phi) is 6.91. The first-order valence-corrected chi connectivity index (χ1v) is 12.5. The Morgan fingerprint density at radius 1 is 1.03 bits per heavy atom. The minimum atomic E-state index is -0.328. The molecule has 0 radical (unpaired) electrons. The molecule has 1 fully saturated rings. The second-order valence-electron chi connectivity index (χ2n) is 8.41. The maximum atomic E-state index is 13.3. The van der Waals surface area contributed by atoms with Crippen molar-refractivity contribution in [3.05, 3.63) is 52.0 Å². The molecule has 1 N–H and O–H groups in total. The summed E-state index contributed by atoms with van der Waals surface area (Å²) in [4.78, 5) is 32.5. The van der Waals surface area contributed by atoms with E-state index in [1.54, 1.807) is 40.6 Å². The van der Waals surface area contributed by atoms with Crippen LogP contribution in [0.4, 0.5) is 5.69 Å². The van der Waals surface area contributed by atoms with Gasteiger partial charge >= 0.3 is 0 Å². The molecule has 0 saturated carbocycles. The van der Waals surface area contributed by atoms with Gasteiger partial charge in [-0.25, -0.2) is 9.61 Å². The molecule has 1 aliphatic rings. The molecule has 1 saturated heterocycles. The van der Waals surface area contributed by atoms with Crippen molar-refractivity contribution in [1.29, 1.82) is 0 Å². The average molecular weight is 524 g/mol. The van der Waals surface area contributed by atoms with Gasteiger partial charge in [0.05, 0.1) is 37.6 Å². The Labute approximate surface area is 216 Å². The predicted molar refractivity (Wildman–Crippen MR) is 136 cm³/mol. The van der Waals surface area contributed by atoms with Crippen molar-refractivity contribution in [3.8, 4) is 17.2 Å². The molecule has 2 aromatic carbocycles. The zero-order valence-electron chi connectivity index (χ0n) is 20.5. The zero-order valence-corrected chi connectivity index (χ0v) is 21.3. The van der Waals surface area contributed by atoms with Gasteiger partial charge in [0.15, 0.2) is 17.0 Å². The number of rotatable bonds is 7. The monoisotopic (exact) mass is 523 g/mol. The number of amides is 2. The molecule has 0 bridgehead atoms. The minimum absolute atomic E-state index is 0.132. The number of piperidine rings is 1. The Hall–Kier alpha value is -4.19. The lowest BCUT2D eigenvalue weighted by Crippen LogP contribution is -2.38. The first-order chi connectivity index (χ1) is 18.0. The zero-order chi connectivity index (χ0) is 25.9. The molecule has 5 rings (SSSR count). The van der Waals surface area contributed by atoms with Crippen molar-refractivity contribution in [3.63, 3.8) is 0 Å². The SMILES string of the molecule is COc1ccc(C(=O)N2CCC(c3nc(C(=O)Nc4cccc5nonc45)cs3)CC2)c(OC)c1OC. The molecule has 12 heteroatoms. The number of hydrogen-bond donors (Lipinski definition) is 1. The van der Waals surface area contributed by atoms with Gasteiger partial charge in [0.2, 0.25) is 5.75 Å². The van der Waals surface area contributed by atoms with Crippen LogP contribution in [-0.2, 0) is 0 Å². The molecule has 192 valence electrons. The van der Waals surface area contributed by atoms with Crippen LogP contribution < -0.4 is 19.5 Å². The van der Waals surface area contributed by atoms with Gasteiger partial charge in [-0.15, -0.1) is 11.3 Å². The summed E-state index contributed by atoms with van der Waals surface area (Å²) in [5.74, 6) is 0.925. The fourth-order valence-corrected chi connectivity index (χ4v) is 5.41. The van der Waals surface area contributed by atoms with E-state index < -0.39 is 0 Å². The van der Waals surface area contributed by atoms with E-state index in [9.17, 15) is 9.59 Å². The summed E-state index contributed by atoms with van der Waals surface area (Å²) < 4.78 is 21.0. The van der Waals surface area contributed by atoms with Gasteiger partial charge in [-0.3, -0.25) is 9.59 Å². The highest BCUT2D eigenvalue weighted by molar-refractivity contribution is 7.10. The van der Waals surface area contributed by atoms with Crippen molar-refractivity contribution in [2.75, 3.05) is 39.7 Å². The summed E-state index contributed by atoms with van der Waals surface area (Å²) >= 11 is 1.45. The number of benzene rings is 2. The number of carbonyl (C=O) groups is 2. The molecule has 2 amide bonds. The van der Waals surface area contributed by atoms with Crippen LogP contribution in [-0.4, -0.2) is 66.4 Å². The lowest BCUT2D eigenvalue weighted by molar-refractivity contribution is 0.0708. The molecule has 0 spiro atoms. The molecule has 11 nitrogen and oxygen atoms in total. The molecular formula is C25H25N5O6S. The van der Waals surface area contributed by atoms with Crippen molar-refractivity contribution >= 4 is 39.9 Å². The molecule has 37 heavy (non-hydrogen) atoms. The third-order valence-corrected chi connectivity index (χ3v) is 7.36. The van der Waals surface area contributed by atoms with Gasteiger partial charge in [-0.1, -0.05) is 6.07 Å². The predicted octanol–water partition coefficient (Wildman–Crippen LogP) is 3.98. The molecule has 0 unspecified atom stereocenters. The number of nitrogens with zero attached hydrogens (tertiary/aromatic N) is 4. The molecule has 0 atom stereocenters. The van der Waals surface area contributed by atoms with Crippen molar-refractivity contribution < 1.29 is 28.4 Å². The third-order valence-electron chi connectivity index (χ3n) is 6.35. The maximum Gasteiger partial charge on any atom is 0.275 e. The Balaban J connectivity index is 1.24. The van der Waals surface area contributed by atoms with E-state index in [1.807, 2.05) is 0 Å². The summed E-state index contributed by atoms with van der Waals surface area (Å²) in [7, 11) is 4.54. The van der Waals surface area contributed by atoms with E-state index in [1.165, 1.54) is 32.7 Å². The largest absolute Gasteiger partial charge is 0.493 e. The van der Waals surface area contributed by atoms with Gasteiger partial charge in [0.25, 0.3) is 11.8 Å².